The van der Waals surface area contributed by atoms with Crippen molar-refractivity contribution in [1.29, 1.82) is 0 Å². The molecule has 16 heavy (non-hydrogen) atoms. The third-order valence-electron chi connectivity index (χ3n) is 2.47. The molecule has 2 amide bonds. The summed E-state index contributed by atoms with van der Waals surface area (Å²) < 4.78 is 23.3. The molecule has 0 bridgehead atoms. The van der Waals surface area contributed by atoms with Crippen LogP contribution in [0, 0.1) is 0 Å². The Kier molecular flexibility index (Phi) is 4.37. The molecule has 1 saturated heterocycles. The van der Waals surface area contributed by atoms with Gasteiger partial charge >= 0.3 is 6.03 Å². The molecular weight excluding hydrogens is 296 g/mol. The average molecular weight is 311 g/mol. The fourth-order valence-electron chi connectivity index (χ4n) is 1.55. The second-order valence-electron chi connectivity index (χ2n) is 3.86. The molecule has 0 aliphatic carbocycles. The van der Waals surface area contributed by atoms with E-state index in [-0.39, 0.29) is 12.6 Å². The molecule has 0 radical (unpaired) electrons. The van der Waals surface area contributed by atoms with Gasteiger partial charge in [0.15, 0.2) is 9.84 Å². The van der Waals surface area contributed by atoms with Crippen LogP contribution in [0.15, 0.2) is 11.1 Å². The minimum absolute atomic E-state index is 0.244. The van der Waals surface area contributed by atoms with Crippen molar-refractivity contribution >= 4 is 31.8 Å². The van der Waals surface area contributed by atoms with Crippen molar-refractivity contribution in [3.05, 3.63) is 11.1 Å². The van der Waals surface area contributed by atoms with Gasteiger partial charge in [0.05, 0.1) is 11.8 Å². The Morgan fingerprint density at radius 3 is 2.69 bits per heavy atom. The van der Waals surface area contributed by atoms with Gasteiger partial charge in [-0.1, -0.05) is 22.5 Å². The summed E-state index contributed by atoms with van der Waals surface area (Å²) in [5.74, 6) is 0. The van der Waals surface area contributed by atoms with Crippen molar-refractivity contribution in [2.24, 2.45) is 0 Å². The zero-order valence-corrected chi connectivity index (χ0v) is 11.5. The maximum Gasteiger partial charge on any atom is 0.317 e. The molecular formula is C9H15BrN2O3S. The van der Waals surface area contributed by atoms with Crippen molar-refractivity contribution in [1.82, 2.24) is 10.2 Å². The Bertz CT molecular complexity index is 394. The van der Waals surface area contributed by atoms with Gasteiger partial charge in [-0.2, -0.15) is 0 Å². The first-order valence-corrected chi connectivity index (χ1v) is 7.60. The molecule has 1 aliphatic rings. The number of halogens is 1. The predicted molar refractivity (Wildman–Crippen MR) is 66.3 cm³/mol. The summed E-state index contributed by atoms with van der Waals surface area (Å²) in [6.45, 7) is 4.70. The Morgan fingerprint density at radius 1 is 1.62 bits per heavy atom. The van der Waals surface area contributed by atoms with E-state index in [0.717, 1.165) is 0 Å². The number of carbonyl (C=O) groups excluding carboxylic acids is 1. The smallest absolute Gasteiger partial charge is 0.317 e. The number of sulfone groups is 1. The fourth-order valence-corrected chi connectivity index (χ4v) is 2.67. The highest BCUT2D eigenvalue weighted by Crippen LogP contribution is 2.16. The number of carbonyl (C=O) groups is 1. The molecule has 0 aromatic heterocycles. The van der Waals surface area contributed by atoms with Crippen LogP contribution in [0.25, 0.3) is 0 Å². The molecule has 7 heteroatoms. The predicted octanol–water partition coefficient (Wildman–Crippen LogP) is 0.724. The lowest BCUT2D eigenvalue weighted by Gasteiger charge is -2.16. The molecule has 1 N–H and O–H groups in total. The van der Waals surface area contributed by atoms with Crippen molar-refractivity contribution in [3.63, 3.8) is 0 Å². The molecule has 0 aromatic carbocycles. The van der Waals surface area contributed by atoms with E-state index in [1.165, 1.54) is 11.2 Å². The van der Waals surface area contributed by atoms with E-state index in [1.807, 2.05) is 0 Å². The van der Waals surface area contributed by atoms with E-state index < -0.39 is 15.1 Å². The summed E-state index contributed by atoms with van der Waals surface area (Å²) in [4.78, 5) is 13.1. The minimum Gasteiger partial charge on any atom is -0.333 e. The first kappa shape index (κ1) is 13.5. The number of hydrogen-bond donors (Lipinski definition) is 1. The van der Waals surface area contributed by atoms with Crippen LogP contribution in [0.5, 0.6) is 0 Å². The third kappa shape index (κ3) is 3.79. The van der Waals surface area contributed by atoms with Crippen LogP contribution < -0.4 is 5.32 Å². The van der Waals surface area contributed by atoms with Crippen LogP contribution in [0.4, 0.5) is 4.79 Å². The number of hydrogen-bond acceptors (Lipinski definition) is 3. The highest BCUT2D eigenvalue weighted by Gasteiger charge is 2.32. The summed E-state index contributed by atoms with van der Waals surface area (Å²) in [6.07, 6.45) is 1.72. The molecule has 92 valence electrons. The van der Waals surface area contributed by atoms with Crippen LogP contribution in [0.3, 0.4) is 0 Å². The van der Waals surface area contributed by atoms with Gasteiger partial charge in [-0.3, -0.25) is 0 Å². The van der Waals surface area contributed by atoms with Crippen molar-refractivity contribution in [2.75, 3.05) is 25.9 Å². The van der Waals surface area contributed by atoms with Gasteiger partial charge < -0.3 is 10.2 Å². The number of nitrogens with one attached hydrogen (secondary N) is 1. The van der Waals surface area contributed by atoms with E-state index in [9.17, 15) is 13.2 Å². The third-order valence-corrected chi connectivity index (χ3v) is 4.35. The van der Waals surface area contributed by atoms with Crippen LogP contribution in [-0.2, 0) is 9.84 Å². The Hall–Kier alpha value is -0.560. The first-order chi connectivity index (χ1) is 7.30. The monoisotopic (exact) mass is 310 g/mol. The Labute approximate surface area is 104 Å². The van der Waals surface area contributed by atoms with Gasteiger partial charge in [-0.15, -0.1) is 0 Å². The van der Waals surface area contributed by atoms with E-state index in [0.29, 0.717) is 24.0 Å². The van der Waals surface area contributed by atoms with E-state index in [4.69, 9.17) is 0 Å². The normalized spacial score (nSPS) is 20.9. The lowest BCUT2D eigenvalue weighted by atomic mass is 10.4. The van der Waals surface area contributed by atoms with Gasteiger partial charge in [-0.05, 0) is 6.42 Å². The molecule has 1 atom stereocenters. The molecule has 1 rings (SSSR count). The van der Waals surface area contributed by atoms with Gasteiger partial charge in [0.1, 0.15) is 0 Å². The quantitative estimate of drug-likeness (QED) is 0.835. The summed E-state index contributed by atoms with van der Waals surface area (Å²) in [5.41, 5.74) is 0. The van der Waals surface area contributed by atoms with Crippen LogP contribution in [-0.4, -0.2) is 50.5 Å². The topological polar surface area (TPSA) is 66.5 Å². The fraction of sp³-hybridized carbons (Fsp3) is 0.667. The Morgan fingerprint density at radius 2 is 2.25 bits per heavy atom. The zero-order chi connectivity index (χ0) is 12.3. The Balaban J connectivity index is 2.47. The van der Waals surface area contributed by atoms with Crippen LogP contribution >= 0.6 is 15.9 Å². The molecule has 5 nitrogen and oxygen atoms in total. The molecule has 0 spiro atoms. The summed E-state index contributed by atoms with van der Waals surface area (Å²) >= 11 is 3.13. The van der Waals surface area contributed by atoms with Gasteiger partial charge in [-0.25, -0.2) is 13.2 Å². The number of amides is 2. The average Bonchev–Trinajstić information content (AvgIpc) is 2.61. The van der Waals surface area contributed by atoms with E-state index >= 15 is 0 Å². The van der Waals surface area contributed by atoms with Crippen molar-refractivity contribution in [3.8, 4) is 0 Å². The molecule has 1 unspecified atom stereocenters. The van der Waals surface area contributed by atoms with Gasteiger partial charge in [0.25, 0.3) is 0 Å². The van der Waals surface area contributed by atoms with Gasteiger partial charge in [0.2, 0.25) is 0 Å². The van der Waals surface area contributed by atoms with Crippen molar-refractivity contribution in [2.45, 2.75) is 11.7 Å². The van der Waals surface area contributed by atoms with Crippen molar-refractivity contribution < 1.29 is 13.2 Å². The molecule has 0 saturated carbocycles. The van der Waals surface area contributed by atoms with E-state index in [2.05, 4.69) is 27.8 Å². The number of urea groups is 1. The second kappa shape index (κ2) is 5.18. The molecule has 1 heterocycles. The highest BCUT2D eigenvalue weighted by molar-refractivity contribution is 9.11. The molecule has 0 aromatic rings. The standard InChI is InChI=1S/C9H15BrN2O3S/c1-7(10)5-11-9(13)12-4-3-8(6-12)16(2,14)15/h8H,1,3-6H2,2H3,(H,11,13). The van der Waals surface area contributed by atoms with E-state index in [1.54, 1.807) is 0 Å². The number of rotatable bonds is 3. The number of likely N-dealkylation sites (tertiary alicyclic amines) is 1. The summed E-state index contributed by atoms with van der Waals surface area (Å²) in [7, 11) is -3.05. The minimum atomic E-state index is -3.05. The summed E-state index contributed by atoms with van der Waals surface area (Å²) in [5, 5.41) is 2.22. The molecule has 1 aliphatic heterocycles. The number of nitrogens with zero attached hydrogens (tertiary/aromatic N) is 1. The van der Waals surface area contributed by atoms with Gasteiger partial charge in [0, 0.05) is 23.8 Å². The highest BCUT2D eigenvalue weighted by atomic mass is 79.9. The molecule has 1 fully saturated rings. The largest absolute Gasteiger partial charge is 0.333 e. The lowest BCUT2D eigenvalue weighted by Crippen LogP contribution is -2.40. The zero-order valence-electron chi connectivity index (χ0n) is 9.07. The lowest BCUT2D eigenvalue weighted by molar-refractivity contribution is 0.210. The second-order valence-corrected chi connectivity index (χ2v) is 7.31. The maximum atomic E-state index is 11.6. The first-order valence-electron chi connectivity index (χ1n) is 4.85. The SMILES string of the molecule is C=C(Br)CNC(=O)N1CCC(S(C)(=O)=O)C1. The summed E-state index contributed by atoms with van der Waals surface area (Å²) in [6, 6.07) is -0.244. The van der Waals surface area contributed by atoms with Crippen LogP contribution in [0.1, 0.15) is 6.42 Å². The van der Waals surface area contributed by atoms with Crippen LogP contribution in [0.2, 0.25) is 0 Å². The maximum absolute atomic E-state index is 11.6.